The Hall–Kier alpha value is -2.12. The summed E-state index contributed by atoms with van der Waals surface area (Å²) in [6, 6.07) is 0. The minimum Gasteiger partial charge on any atom is -0.366 e. The smallest absolute Gasteiger partial charge is 0.366 e. The molecular formula is C8H7F2N3O3. The Kier molecular flexibility index (Phi) is 3.11. The van der Waals surface area contributed by atoms with Crippen molar-refractivity contribution in [2.24, 2.45) is 5.73 Å². The average molecular weight is 231 g/mol. The number of primary amides is 1. The lowest BCUT2D eigenvalue weighted by Gasteiger charge is -2.07. The first-order valence-corrected chi connectivity index (χ1v) is 4.08. The second kappa shape index (κ2) is 4.17. The van der Waals surface area contributed by atoms with Crippen LogP contribution in [0.3, 0.4) is 0 Å². The Morgan fingerprint density at radius 2 is 2.19 bits per heavy atom. The van der Waals surface area contributed by atoms with Crippen molar-refractivity contribution in [1.82, 2.24) is 4.98 Å². The minimum absolute atomic E-state index is 0.0772. The number of hydrogen-bond acceptors (Lipinski definition) is 4. The molecule has 0 bridgehead atoms. The van der Waals surface area contributed by atoms with Gasteiger partial charge in [-0.3, -0.25) is 4.79 Å². The second-order valence-corrected chi connectivity index (χ2v) is 2.98. The van der Waals surface area contributed by atoms with E-state index in [1.807, 2.05) is 0 Å². The number of hydrogen-bond donors (Lipinski definition) is 1. The Bertz CT molecular complexity index is 462. The zero-order chi connectivity index (χ0) is 12.5. The fourth-order valence-corrected chi connectivity index (χ4v) is 1.30. The molecule has 0 aliphatic rings. The molecule has 8 heteroatoms. The maximum absolute atomic E-state index is 12.6. The van der Waals surface area contributed by atoms with Crippen LogP contribution in [0.15, 0.2) is 6.20 Å². The van der Waals surface area contributed by atoms with Gasteiger partial charge in [-0.25, -0.2) is 8.78 Å². The molecule has 0 unspecified atom stereocenters. The molecule has 16 heavy (non-hydrogen) atoms. The van der Waals surface area contributed by atoms with Crippen molar-refractivity contribution in [3.8, 4) is 0 Å². The van der Waals surface area contributed by atoms with E-state index >= 15 is 0 Å². The van der Waals surface area contributed by atoms with Gasteiger partial charge in [0.15, 0.2) is 0 Å². The number of nitrogens with two attached hydrogens (primary N) is 1. The summed E-state index contributed by atoms with van der Waals surface area (Å²) in [5.41, 5.74) is 3.40. The third-order valence-electron chi connectivity index (χ3n) is 1.92. The highest BCUT2D eigenvalue weighted by atomic mass is 19.3. The molecular weight excluding hydrogens is 224 g/mol. The summed E-state index contributed by atoms with van der Waals surface area (Å²) in [6.07, 6.45) is -2.22. The van der Waals surface area contributed by atoms with E-state index in [4.69, 9.17) is 5.73 Å². The molecule has 0 aromatic carbocycles. The van der Waals surface area contributed by atoms with E-state index in [1.54, 1.807) is 0 Å². The quantitative estimate of drug-likeness (QED) is 0.626. The van der Waals surface area contributed by atoms with Gasteiger partial charge in [0, 0.05) is 5.56 Å². The molecule has 0 spiro atoms. The summed E-state index contributed by atoms with van der Waals surface area (Å²) in [7, 11) is 0. The molecule has 1 rings (SSSR count). The van der Waals surface area contributed by atoms with Crippen LogP contribution in [0.5, 0.6) is 0 Å². The molecule has 0 saturated carbocycles. The highest BCUT2D eigenvalue weighted by Gasteiger charge is 2.30. The number of rotatable bonds is 3. The Morgan fingerprint density at radius 3 is 2.56 bits per heavy atom. The van der Waals surface area contributed by atoms with Gasteiger partial charge in [0.25, 0.3) is 6.43 Å². The van der Waals surface area contributed by atoms with Crippen LogP contribution in [0.25, 0.3) is 0 Å². The zero-order valence-electron chi connectivity index (χ0n) is 8.11. The number of aryl methyl sites for hydroxylation is 1. The lowest BCUT2D eigenvalue weighted by molar-refractivity contribution is -0.391. The lowest BCUT2D eigenvalue weighted by Crippen LogP contribution is -2.18. The molecule has 2 N–H and O–H groups in total. The predicted molar refractivity (Wildman–Crippen MR) is 49.1 cm³/mol. The van der Waals surface area contributed by atoms with Crippen LogP contribution in [-0.2, 0) is 0 Å². The molecule has 86 valence electrons. The van der Waals surface area contributed by atoms with Crippen LogP contribution >= 0.6 is 0 Å². The van der Waals surface area contributed by atoms with Crippen molar-refractivity contribution in [1.29, 1.82) is 0 Å². The van der Waals surface area contributed by atoms with E-state index in [2.05, 4.69) is 4.98 Å². The summed E-state index contributed by atoms with van der Waals surface area (Å²) in [6.45, 7) is 1.32. The van der Waals surface area contributed by atoms with Crippen LogP contribution in [0.2, 0.25) is 0 Å². The van der Waals surface area contributed by atoms with Gasteiger partial charge in [-0.15, -0.1) is 0 Å². The van der Waals surface area contributed by atoms with Crippen molar-refractivity contribution in [3.05, 3.63) is 33.0 Å². The molecule has 1 aromatic heterocycles. The number of pyridine rings is 1. The number of nitrogens with zero attached hydrogens (tertiary/aromatic N) is 2. The van der Waals surface area contributed by atoms with Crippen molar-refractivity contribution < 1.29 is 18.5 Å². The predicted octanol–water partition coefficient (Wildman–Crippen LogP) is 1.33. The summed E-state index contributed by atoms with van der Waals surface area (Å²) in [5.74, 6) is -2.19. The van der Waals surface area contributed by atoms with Gasteiger partial charge in [0.1, 0.15) is 11.8 Å². The highest BCUT2D eigenvalue weighted by Crippen LogP contribution is 2.31. The Morgan fingerprint density at radius 1 is 1.62 bits per heavy atom. The van der Waals surface area contributed by atoms with Crippen molar-refractivity contribution in [2.75, 3.05) is 0 Å². The fraction of sp³-hybridized carbons (Fsp3) is 0.250. The molecule has 0 atom stereocenters. The van der Waals surface area contributed by atoms with Crippen molar-refractivity contribution in [3.63, 3.8) is 0 Å². The second-order valence-electron chi connectivity index (χ2n) is 2.98. The van der Waals surface area contributed by atoms with E-state index in [9.17, 15) is 23.7 Å². The van der Waals surface area contributed by atoms with Crippen LogP contribution in [0.1, 0.15) is 27.9 Å². The van der Waals surface area contributed by atoms with Gasteiger partial charge >= 0.3 is 5.82 Å². The number of aromatic nitrogens is 1. The first-order valence-electron chi connectivity index (χ1n) is 4.08. The molecule has 1 amide bonds. The number of halogens is 2. The van der Waals surface area contributed by atoms with Crippen LogP contribution < -0.4 is 5.73 Å². The third-order valence-corrected chi connectivity index (χ3v) is 1.92. The monoisotopic (exact) mass is 231 g/mol. The largest absolute Gasteiger partial charge is 0.373 e. The zero-order valence-corrected chi connectivity index (χ0v) is 8.11. The van der Waals surface area contributed by atoms with Crippen molar-refractivity contribution >= 4 is 11.7 Å². The minimum atomic E-state index is -3.18. The number of carbonyl (C=O) groups excluding carboxylic acids is 1. The summed E-state index contributed by atoms with van der Waals surface area (Å²) in [5, 5.41) is 10.5. The molecule has 1 aromatic rings. The van der Waals surface area contributed by atoms with Crippen LogP contribution in [0.4, 0.5) is 14.6 Å². The SMILES string of the molecule is Cc1cnc([N+](=O)[O-])c(C(F)F)c1C(N)=O. The van der Waals surface area contributed by atoms with Gasteiger partial charge < -0.3 is 15.8 Å². The number of nitro groups is 1. The maximum Gasteiger partial charge on any atom is 0.373 e. The summed E-state index contributed by atoms with van der Waals surface area (Å²) < 4.78 is 25.3. The summed E-state index contributed by atoms with van der Waals surface area (Å²) in [4.78, 5) is 23.6. The average Bonchev–Trinajstić information content (AvgIpc) is 2.15. The normalized spacial score (nSPS) is 10.5. The first-order chi connectivity index (χ1) is 7.36. The number of carbonyl (C=O) groups is 1. The fourth-order valence-electron chi connectivity index (χ4n) is 1.30. The van der Waals surface area contributed by atoms with E-state index in [0.717, 1.165) is 6.20 Å². The summed E-state index contributed by atoms with van der Waals surface area (Å²) >= 11 is 0. The van der Waals surface area contributed by atoms with E-state index < -0.39 is 34.2 Å². The number of alkyl halides is 2. The molecule has 0 aliphatic heterocycles. The number of amides is 1. The molecule has 1 heterocycles. The molecule has 0 aliphatic carbocycles. The van der Waals surface area contributed by atoms with Gasteiger partial charge in [0.05, 0.1) is 5.56 Å². The lowest BCUT2D eigenvalue weighted by atomic mass is 10.0. The first kappa shape index (κ1) is 12.0. The standard InChI is InChI=1S/C8H7F2N3O3/c1-3-2-12-8(13(15)16)5(6(9)10)4(3)7(11)14/h2,6H,1H3,(H2,11,14). The van der Waals surface area contributed by atoms with E-state index in [-0.39, 0.29) is 5.56 Å². The van der Waals surface area contributed by atoms with Crippen LogP contribution in [0, 0.1) is 17.0 Å². The Balaban J connectivity index is 3.63. The maximum atomic E-state index is 12.6. The van der Waals surface area contributed by atoms with Crippen LogP contribution in [-0.4, -0.2) is 15.8 Å². The highest BCUT2D eigenvalue weighted by molar-refractivity contribution is 5.96. The van der Waals surface area contributed by atoms with Gasteiger partial charge in [-0.05, 0) is 16.8 Å². The Labute approximate surface area is 88.2 Å². The molecule has 6 nitrogen and oxygen atoms in total. The van der Waals surface area contributed by atoms with Gasteiger partial charge in [-0.2, -0.15) is 0 Å². The molecule has 0 fully saturated rings. The van der Waals surface area contributed by atoms with E-state index in [0.29, 0.717) is 0 Å². The third kappa shape index (κ3) is 1.95. The van der Waals surface area contributed by atoms with Gasteiger partial charge in [0.2, 0.25) is 5.91 Å². The molecule has 0 radical (unpaired) electrons. The van der Waals surface area contributed by atoms with Gasteiger partial charge in [-0.1, -0.05) is 0 Å². The van der Waals surface area contributed by atoms with Crippen molar-refractivity contribution in [2.45, 2.75) is 13.3 Å². The topological polar surface area (TPSA) is 99.1 Å². The molecule has 0 saturated heterocycles. The van der Waals surface area contributed by atoms with E-state index in [1.165, 1.54) is 6.92 Å².